The highest BCUT2D eigenvalue weighted by Crippen LogP contribution is 2.23. The molecule has 0 saturated carbocycles. The maximum Gasteiger partial charge on any atom is 0.158 e. The van der Waals surface area contributed by atoms with Crippen molar-refractivity contribution in [2.75, 3.05) is 18.5 Å². The fourth-order valence-corrected chi connectivity index (χ4v) is 3.07. The van der Waals surface area contributed by atoms with Crippen molar-refractivity contribution in [3.05, 3.63) is 60.2 Å². The SMILES string of the molecule is Cc1cc2nc(NC[C@H](CO)Cc3ccco3)c3ccccc3n2n1. The van der Waals surface area contributed by atoms with Crippen LogP contribution in [0.2, 0.25) is 0 Å². The second-order valence-electron chi connectivity index (χ2n) is 6.25. The molecule has 3 aromatic heterocycles. The number of anilines is 1. The second-order valence-corrected chi connectivity index (χ2v) is 6.25. The molecule has 6 nitrogen and oxygen atoms in total. The Morgan fingerprint density at radius 3 is 2.92 bits per heavy atom. The van der Waals surface area contributed by atoms with Gasteiger partial charge in [-0.25, -0.2) is 9.50 Å². The molecule has 1 atom stereocenters. The van der Waals surface area contributed by atoms with Crippen LogP contribution >= 0.6 is 0 Å². The van der Waals surface area contributed by atoms with Crippen LogP contribution in [0.3, 0.4) is 0 Å². The minimum Gasteiger partial charge on any atom is -0.469 e. The van der Waals surface area contributed by atoms with E-state index in [1.54, 1.807) is 6.26 Å². The van der Waals surface area contributed by atoms with Gasteiger partial charge in [0, 0.05) is 36.9 Å². The average Bonchev–Trinajstić information content (AvgIpc) is 3.27. The lowest BCUT2D eigenvalue weighted by atomic mass is 10.1. The summed E-state index contributed by atoms with van der Waals surface area (Å²) in [6.45, 7) is 2.65. The maximum absolute atomic E-state index is 9.68. The van der Waals surface area contributed by atoms with E-state index < -0.39 is 0 Å². The summed E-state index contributed by atoms with van der Waals surface area (Å²) < 4.78 is 7.25. The molecule has 3 heterocycles. The molecule has 4 rings (SSSR count). The largest absolute Gasteiger partial charge is 0.469 e. The van der Waals surface area contributed by atoms with Crippen LogP contribution in [0.1, 0.15) is 11.5 Å². The van der Waals surface area contributed by atoms with Crippen molar-refractivity contribution in [1.82, 2.24) is 14.6 Å². The molecule has 4 aromatic rings. The van der Waals surface area contributed by atoms with Gasteiger partial charge in [0.1, 0.15) is 11.6 Å². The molecule has 0 saturated heterocycles. The molecule has 0 aliphatic carbocycles. The standard InChI is InChI=1S/C19H20N4O2/c1-13-9-18-21-19(16-6-2-3-7-17(16)23(18)22-13)20-11-14(12-24)10-15-5-4-8-25-15/h2-9,14,24H,10-12H2,1H3,(H,20,21)/t14-/m1/s1. The number of nitrogens with zero attached hydrogens (tertiary/aromatic N) is 3. The highest BCUT2D eigenvalue weighted by Gasteiger charge is 2.14. The van der Waals surface area contributed by atoms with Crippen molar-refractivity contribution in [3.63, 3.8) is 0 Å². The Bertz CT molecular complexity index is 991. The van der Waals surface area contributed by atoms with Crippen LogP contribution in [0.5, 0.6) is 0 Å². The van der Waals surface area contributed by atoms with Gasteiger partial charge < -0.3 is 14.8 Å². The third kappa shape index (κ3) is 3.08. The monoisotopic (exact) mass is 336 g/mol. The number of rotatable bonds is 6. The second kappa shape index (κ2) is 6.57. The van der Waals surface area contributed by atoms with E-state index in [9.17, 15) is 5.11 Å². The molecule has 0 aliphatic heterocycles. The van der Waals surface area contributed by atoms with Gasteiger partial charge in [0.2, 0.25) is 0 Å². The predicted octanol–water partition coefficient (Wildman–Crippen LogP) is 3.05. The summed E-state index contributed by atoms with van der Waals surface area (Å²) in [5.41, 5.74) is 2.75. The third-order valence-electron chi connectivity index (χ3n) is 4.31. The van der Waals surface area contributed by atoms with Gasteiger partial charge in [0.25, 0.3) is 0 Å². The van der Waals surface area contributed by atoms with Crippen molar-refractivity contribution in [2.24, 2.45) is 5.92 Å². The van der Waals surface area contributed by atoms with Crippen molar-refractivity contribution in [3.8, 4) is 0 Å². The summed E-state index contributed by atoms with van der Waals surface area (Å²) in [5.74, 6) is 1.73. The number of aliphatic hydroxyl groups excluding tert-OH is 1. The van der Waals surface area contributed by atoms with Gasteiger partial charge in [-0.2, -0.15) is 5.10 Å². The highest BCUT2D eigenvalue weighted by molar-refractivity contribution is 5.91. The van der Waals surface area contributed by atoms with Crippen molar-refractivity contribution in [1.29, 1.82) is 0 Å². The summed E-state index contributed by atoms with van der Waals surface area (Å²) in [6, 6.07) is 13.8. The first-order chi connectivity index (χ1) is 12.2. The number of para-hydroxylation sites is 1. The first-order valence-corrected chi connectivity index (χ1v) is 8.37. The molecule has 0 amide bonds. The van der Waals surface area contributed by atoms with Crippen molar-refractivity contribution in [2.45, 2.75) is 13.3 Å². The normalized spacial score (nSPS) is 12.7. The van der Waals surface area contributed by atoms with Gasteiger partial charge in [-0.05, 0) is 31.2 Å². The van der Waals surface area contributed by atoms with Gasteiger partial charge >= 0.3 is 0 Å². The Morgan fingerprint density at radius 1 is 1.24 bits per heavy atom. The fourth-order valence-electron chi connectivity index (χ4n) is 3.07. The van der Waals surface area contributed by atoms with E-state index in [2.05, 4.69) is 10.4 Å². The lowest BCUT2D eigenvalue weighted by Gasteiger charge is -2.16. The number of aryl methyl sites for hydroxylation is 1. The average molecular weight is 336 g/mol. The minimum absolute atomic E-state index is 0.0505. The van der Waals surface area contributed by atoms with Gasteiger partial charge in [0.05, 0.1) is 17.5 Å². The zero-order valence-corrected chi connectivity index (χ0v) is 14.0. The number of hydrogen-bond acceptors (Lipinski definition) is 5. The van der Waals surface area contributed by atoms with Crippen LogP contribution < -0.4 is 5.32 Å². The molecule has 0 bridgehead atoms. The van der Waals surface area contributed by atoms with E-state index in [1.807, 2.05) is 53.9 Å². The molecular formula is C19H20N4O2. The van der Waals surface area contributed by atoms with E-state index in [0.717, 1.165) is 33.8 Å². The Kier molecular flexibility index (Phi) is 4.11. The zero-order valence-electron chi connectivity index (χ0n) is 14.0. The number of aromatic nitrogens is 3. The number of aliphatic hydroxyl groups is 1. The summed E-state index contributed by atoms with van der Waals surface area (Å²) in [7, 11) is 0. The first-order valence-electron chi connectivity index (χ1n) is 8.37. The molecule has 2 N–H and O–H groups in total. The Balaban J connectivity index is 1.63. The molecule has 1 aromatic carbocycles. The summed E-state index contributed by atoms with van der Waals surface area (Å²) in [4.78, 5) is 4.71. The van der Waals surface area contributed by atoms with Crippen molar-refractivity contribution < 1.29 is 9.52 Å². The topological polar surface area (TPSA) is 75.6 Å². The Morgan fingerprint density at radius 2 is 2.12 bits per heavy atom. The van der Waals surface area contributed by atoms with Crippen LogP contribution in [0, 0.1) is 12.8 Å². The van der Waals surface area contributed by atoms with E-state index in [1.165, 1.54) is 0 Å². The quantitative estimate of drug-likeness (QED) is 0.566. The fraction of sp³-hybridized carbons (Fsp3) is 0.263. The molecule has 0 radical (unpaired) electrons. The van der Waals surface area contributed by atoms with E-state index in [4.69, 9.17) is 9.40 Å². The highest BCUT2D eigenvalue weighted by atomic mass is 16.3. The van der Waals surface area contributed by atoms with Gasteiger partial charge in [-0.15, -0.1) is 0 Å². The zero-order chi connectivity index (χ0) is 17.2. The number of nitrogens with one attached hydrogen (secondary N) is 1. The Labute approximate surface area is 145 Å². The number of benzene rings is 1. The number of hydrogen-bond donors (Lipinski definition) is 2. The van der Waals surface area contributed by atoms with Gasteiger partial charge in [-0.3, -0.25) is 0 Å². The predicted molar refractivity (Wildman–Crippen MR) is 96.7 cm³/mol. The molecular weight excluding hydrogens is 316 g/mol. The van der Waals surface area contributed by atoms with Crippen LogP contribution in [0.25, 0.3) is 16.6 Å². The Hall–Kier alpha value is -2.86. The van der Waals surface area contributed by atoms with E-state index in [0.29, 0.717) is 13.0 Å². The molecule has 6 heteroatoms. The molecule has 0 spiro atoms. The number of furan rings is 1. The van der Waals surface area contributed by atoms with Crippen LogP contribution in [0.15, 0.2) is 53.1 Å². The summed E-state index contributed by atoms with van der Waals surface area (Å²) in [6.07, 6.45) is 2.34. The minimum atomic E-state index is 0.0505. The van der Waals surface area contributed by atoms with Crippen LogP contribution in [-0.2, 0) is 6.42 Å². The van der Waals surface area contributed by atoms with Crippen molar-refractivity contribution >= 4 is 22.4 Å². The smallest absolute Gasteiger partial charge is 0.158 e. The van der Waals surface area contributed by atoms with Crippen LogP contribution in [0.4, 0.5) is 5.82 Å². The lowest BCUT2D eigenvalue weighted by molar-refractivity contribution is 0.226. The van der Waals surface area contributed by atoms with E-state index >= 15 is 0 Å². The molecule has 0 aliphatic rings. The summed E-state index contributed by atoms with van der Waals surface area (Å²) >= 11 is 0. The lowest BCUT2D eigenvalue weighted by Crippen LogP contribution is -2.21. The molecule has 0 unspecified atom stereocenters. The van der Waals surface area contributed by atoms with Gasteiger partial charge in [0.15, 0.2) is 5.65 Å². The first kappa shape index (κ1) is 15.7. The number of fused-ring (bicyclic) bond motifs is 3. The summed E-state index contributed by atoms with van der Waals surface area (Å²) in [5, 5.41) is 18.6. The van der Waals surface area contributed by atoms with Crippen LogP contribution in [-0.4, -0.2) is 32.9 Å². The maximum atomic E-state index is 9.68. The molecule has 128 valence electrons. The molecule has 25 heavy (non-hydrogen) atoms. The third-order valence-corrected chi connectivity index (χ3v) is 4.31. The van der Waals surface area contributed by atoms with Gasteiger partial charge in [-0.1, -0.05) is 12.1 Å². The molecule has 0 fully saturated rings. The van der Waals surface area contributed by atoms with E-state index in [-0.39, 0.29) is 12.5 Å².